The molecule has 6 nitrogen and oxygen atoms in total. The van der Waals surface area contributed by atoms with Gasteiger partial charge in [-0.15, -0.1) is 0 Å². The summed E-state index contributed by atoms with van der Waals surface area (Å²) in [5.74, 6) is -1.40. The second kappa shape index (κ2) is 7.47. The van der Waals surface area contributed by atoms with Crippen LogP contribution in [0, 0.1) is 5.92 Å². The number of carbonyl (C=O) groups is 2. The summed E-state index contributed by atoms with van der Waals surface area (Å²) < 4.78 is 0. The molecule has 6 heteroatoms. The number of carboxylic acid groups (broad SMARTS) is 1. The van der Waals surface area contributed by atoms with Gasteiger partial charge in [0, 0.05) is 32.7 Å². The molecule has 0 spiro atoms. The van der Waals surface area contributed by atoms with Gasteiger partial charge in [-0.1, -0.05) is 6.92 Å². The zero-order valence-electron chi connectivity index (χ0n) is 13.0. The fourth-order valence-electron chi connectivity index (χ4n) is 2.59. The van der Waals surface area contributed by atoms with E-state index >= 15 is 0 Å². The molecular weight excluding hydrogens is 258 g/mol. The lowest BCUT2D eigenvalue weighted by molar-refractivity contribution is -0.141. The van der Waals surface area contributed by atoms with E-state index in [2.05, 4.69) is 11.9 Å². The molecule has 1 saturated heterocycles. The largest absolute Gasteiger partial charge is 0.481 e. The number of piperidine rings is 1. The van der Waals surface area contributed by atoms with Crippen molar-refractivity contribution in [2.24, 2.45) is 5.92 Å². The SMILES string of the molecule is CCN(CC(C)C(=O)O)C(=O)N(C)C1CCCN(C)C1. The molecule has 0 aromatic heterocycles. The van der Waals surface area contributed by atoms with Crippen LogP contribution in [0.1, 0.15) is 26.7 Å². The quantitative estimate of drug-likeness (QED) is 0.823. The van der Waals surface area contributed by atoms with Crippen LogP contribution in [0.25, 0.3) is 0 Å². The molecule has 0 aromatic carbocycles. The summed E-state index contributed by atoms with van der Waals surface area (Å²) in [7, 11) is 3.88. The van der Waals surface area contributed by atoms with Crippen molar-refractivity contribution in [2.75, 3.05) is 40.3 Å². The van der Waals surface area contributed by atoms with E-state index < -0.39 is 11.9 Å². The molecule has 2 amide bonds. The molecular formula is C14H27N3O3. The number of aliphatic carboxylic acids is 1. The lowest BCUT2D eigenvalue weighted by atomic mass is 10.1. The predicted molar refractivity (Wildman–Crippen MR) is 77.7 cm³/mol. The summed E-state index contributed by atoms with van der Waals surface area (Å²) in [6.07, 6.45) is 2.11. The number of nitrogens with zero attached hydrogens (tertiary/aromatic N) is 3. The first-order valence-corrected chi connectivity index (χ1v) is 7.29. The van der Waals surface area contributed by atoms with E-state index in [0.29, 0.717) is 6.54 Å². The van der Waals surface area contributed by atoms with Gasteiger partial charge in [0.2, 0.25) is 0 Å². The number of hydrogen-bond acceptors (Lipinski definition) is 3. The molecule has 2 unspecified atom stereocenters. The minimum absolute atomic E-state index is 0.0686. The molecule has 0 radical (unpaired) electrons. The Balaban J connectivity index is 2.62. The van der Waals surface area contributed by atoms with Gasteiger partial charge in [-0.3, -0.25) is 4.79 Å². The molecule has 1 aliphatic heterocycles. The van der Waals surface area contributed by atoms with Gasteiger partial charge in [-0.05, 0) is 33.4 Å². The molecule has 2 atom stereocenters. The third kappa shape index (κ3) is 4.37. The Kier molecular flexibility index (Phi) is 6.26. The number of hydrogen-bond donors (Lipinski definition) is 1. The number of carboxylic acids is 1. The normalized spacial score (nSPS) is 21.3. The molecule has 116 valence electrons. The Labute approximate surface area is 121 Å². The van der Waals surface area contributed by atoms with Crippen LogP contribution in [0.5, 0.6) is 0 Å². The number of urea groups is 1. The number of carbonyl (C=O) groups excluding carboxylic acids is 1. The van der Waals surface area contributed by atoms with Gasteiger partial charge in [-0.25, -0.2) is 4.79 Å². The fraction of sp³-hybridized carbons (Fsp3) is 0.857. The lowest BCUT2D eigenvalue weighted by Gasteiger charge is -2.38. The minimum atomic E-state index is -0.865. The highest BCUT2D eigenvalue weighted by Gasteiger charge is 2.28. The van der Waals surface area contributed by atoms with Crippen molar-refractivity contribution in [1.82, 2.24) is 14.7 Å². The summed E-state index contributed by atoms with van der Waals surface area (Å²) in [5.41, 5.74) is 0. The molecule has 0 bridgehead atoms. The first-order chi connectivity index (χ1) is 9.36. The maximum atomic E-state index is 12.5. The van der Waals surface area contributed by atoms with E-state index in [1.807, 2.05) is 14.0 Å². The van der Waals surface area contributed by atoms with Crippen LogP contribution >= 0.6 is 0 Å². The van der Waals surface area contributed by atoms with Gasteiger partial charge in [0.1, 0.15) is 0 Å². The zero-order valence-corrected chi connectivity index (χ0v) is 13.0. The number of rotatable bonds is 5. The van der Waals surface area contributed by atoms with E-state index in [0.717, 1.165) is 25.9 Å². The molecule has 1 rings (SSSR count). The molecule has 0 saturated carbocycles. The number of likely N-dealkylation sites (N-methyl/N-ethyl adjacent to an activating group) is 2. The highest BCUT2D eigenvalue weighted by molar-refractivity contribution is 5.76. The predicted octanol–water partition coefficient (Wildman–Crippen LogP) is 1.17. The van der Waals surface area contributed by atoms with Gasteiger partial charge < -0.3 is 19.8 Å². The summed E-state index contributed by atoms with van der Waals surface area (Å²) in [6.45, 7) is 6.27. The van der Waals surface area contributed by atoms with E-state index in [4.69, 9.17) is 5.11 Å². The van der Waals surface area contributed by atoms with Crippen LogP contribution in [-0.4, -0.2) is 78.1 Å². The maximum Gasteiger partial charge on any atom is 0.320 e. The van der Waals surface area contributed by atoms with E-state index in [9.17, 15) is 9.59 Å². The topological polar surface area (TPSA) is 64.1 Å². The summed E-state index contributed by atoms with van der Waals surface area (Å²) in [4.78, 5) is 29.0. The molecule has 0 aliphatic carbocycles. The Bertz CT molecular complexity index is 349. The van der Waals surface area contributed by atoms with Crippen molar-refractivity contribution in [1.29, 1.82) is 0 Å². The third-order valence-corrected chi connectivity index (χ3v) is 4.02. The van der Waals surface area contributed by atoms with Crippen LogP contribution in [0.4, 0.5) is 4.79 Å². The zero-order chi connectivity index (χ0) is 15.3. The smallest absolute Gasteiger partial charge is 0.320 e. The summed E-state index contributed by atoms with van der Waals surface area (Å²) >= 11 is 0. The van der Waals surface area contributed by atoms with Crippen LogP contribution in [0.2, 0.25) is 0 Å². The number of likely N-dealkylation sites (tertiary alicyclic amines) is 1. The van der Waals surface area contributed by atoms with E-state index in [1.165, 1.54) is 0 Å². The third-order valence-electron chi connectivity index (χ3n) is 4.02. The van der Waals surface area contributed by atoms with Crippen LogP contribution in [0.15, 0.2) is 0 Å². The van der Waals surface area contributed by atoms with E-state index in [1.54, 1.807) is 16.7 Å². The van der Waals surface area contributed by atoms with Crippen molar-refractivity contribution in [2.45, 2.75) is 32.7 Å². The van der Waals surface area contributed by atoms with Crippen molar-refractivity contribution >= 4 is 12.0 Å². The Morgan fingerprint density at radius 3 is 2.60 bits per heavy atom. The second-order valence-corrected chi connectivity index (χ2v) is 5.73. The highest BCUT2D eigenvalue weighted by atomic mass is 16.4. The average Bonchev–Trinajstić information content (AvgIpc) is 2.42. The Hall–Kier alpha value is -1.30. The Morgan fingerprint density at radius 1 is 1.45 bits per heavy atom. The standard InChI is InChI=1S/C14H27N3O3/c1-5-17(9-11(2)13(18)19)14(20)16(4)12-7-6-8-15(3)10-12/h11-12H,5-10H2,1-4H3,(H,18,19). The summed E-state index contributed by atoms with van der Waals surface area (Å²) in [6, 6.07) is 0.149. The highest BCUT2D eigenvalue weighted by Crippen LogP contribution is 2.15. The van der Waals surface area contributed by atoms with Gasteiger partial charge >= 0.3 is 12.0 Å². The second-order valence-electron chi connectivity index (χ2n) is 5.73. The van der Waals surface area contributed by atoms with Crippen LogP contribution in [0.3, 0.4) is 0 Å². The molecule has 1 aliphatic rings. The molecule has 1 N–H and O–H groups in total. The summed E-state index contributed by atoms with van der Waals surface area (Å²) in [5, 5.41) is 8.97. The van der Waals surface area contributed by atoms with Crippen molar-refractivity contribution in [3.63, 3.8) is 0 Å². The fourth-order valence-corrected chi connectivity index (χ4v) is 2.59. The monoisotopic (exact) mass is 285 g/mol. The van der Waals surface area contributed by atoms with Gasteiger partial charge in [0.25, 0.3) is 0 Å². The van der Waals surface area contributed by atoms with Gasteiger partial charge in [0.15, 0.2) is 0 Å². The van der Waals surface area contributed by atoms with E-state index in [-0.39, 0.29) is 18.6 Å². The minimum Gasteiger partial charge on any atom is -0.481 e. The average molecular weight is 285 g/mol. The van der Waals surface area contributed by atoms with Crippen molar-refractivity contribution < 1.29 is 14.7 Å². The van der Waals surface area contributed by atoms with Gasteiger partial charge in [-0.2, -0.15) is 0 Å². The van der Waals surface area contributed by atoms with Crippen LogP contribution < -0.4 is 0 Å². The number of amides is 2. The molecule has 1 heterocycles. The molecule has 1 fully saturated rings. The maximum absolute atomic E-state index is 12.5. The molecule has 20 heavy (non-hydrogen) atoms. The van der Waals surface area contributed by atoms with Crippen molar-refractivity contribution in [3.05, 3.63) is 0 Å². The first kappa shape index (κ1) is 16.8. The van der Waals surface area contributed by atoms with Crippen LogP contribution in [-0.2, 0) is 4.79 Å². The first-order valence-electron chi connectivity index (χ1n) is 7.29. The van der Waals surface area contributed by atoms with Gasteiger partial charge in [0.05, 0.1) is 5.92 Å². The lowest BCUT2D eigenvalue weighted by Crippen LogP contribution is -2.52. The van der Waals surface area contributed by atoms with Crippen molar-refractivity contribution in [3.8, 4) is 0 Å². The molecule has 0 aromatic rings. The Morgan fingerprint density at radius 2 is 2.10 bits per heavy atom.